The van der Waals surface area contributed by atoms with Crippen LogP contribution in [0.2, 0.25) is 0 Å². The zero-order chi connectivity index (χ0) is 27.3. The van der Waals surface area contributed by atoms with Crippen molar-refractivity contribution in [3.63, 3.8) is 0 Å². The van der Waals surface area contributed by atoms with Gasteiger partial charge in [-0.2, -0.15) is 0 Å². The Balaban J connectivity index is 1.36. The van der Waals surface area contributed by atoms with Gasteiger partial charge in [0.05, 0.1) is 23.8 Å². The Morgan fingerprint density at radius 1 is 1.16 bits per heavy atom. The molecule has 1 aliphatic rings. The van der Waals surface area contributed by atoms with Gasteiger partial charge in [0.1, 0.15) is 5.82 Å². The van der Waals surface area contributed by atoms with Crippen molar-refractivity contribution in [1.82, 2.24) is 30.2 Å². The summed E-state index contributed by atoms with van der Waals surface area (Å²) in [5, 5.41) is 6.84. The van der Waals surface area contributed by atoms with Crippen LogP contribution in [0.25, 0.3) is 0 Å². The molecule has 0 aliphatic carbocycles. The van der Waals surface area contributed by atoms with E-state index < -0.39 is 10.0 Å². The van der Waals surface area contributed by atoms with Crippen molar-refractivity contribution in [3.8, 4) is 0 Å². The number of nitrogens with zero attached hydrogens (tertiary/aromatic N) is 5. The molecule has 0 radical (unpaired) electrons. The largest absolute Gasteiger partial charge is 0.336 e. The Bertz CT molecular complexity index is 1380. The minimum atomic E-state index is -3.48. The predicted molar refractivity (Wildman–Crippen MR) is 147 cm³/mol. The van der Waals surface area contributed by atoms with E-state index in [0.717, 1.165) is 48.2 Å². The zero-order valence-corrected chi connectivity index (χ0v) is 22.9. The quantitative estimate of drug-likeness (QED) is 0.375. The molecule has 3 aromatic rings. The number of anilines is 3. The van der Waals surface area contributed by atoms with Gasteiger partial charge in [-0.05, 0) is 62.9 Å². The van der Waals surface area contributed by atoms with Crippen molar-refractivity contribution < 1.29 is 13.2 Å². The predicted octanol–water partition coefficient (Wildman–Crippen LogP) is 3.04. The number of carbonyl (C=O) groups is 1. The maximum Gasteiger partial charge on any atom is 0.254 e. The fourth-order valence-corrected chi connectivity index (χ4v) is 4.99. The Labute approximate surface area is 223 Å². The summed E-state index contributed by atoms with van der Waals surface area (Å²) in [5.74, 6) is 0.521. The van der Waals surface area contributed by atoms with Crippen LogP contribution in [0.4, 0.5) is 17.5 Å². The summed E-state index contributed by atoms with van der Waals surface area (Å²) in [5.41, 5.74) is 4.21. The van der Waals surface area contributed by atoms with E-state index in [4.69, 9.17) is 4.98 Å². The molecule has 1 aliphatic heterocycles. The third kappa shape index (κ3) is 7.23. The lowest BCUT2D eigenvalue weighted by Gasteiger charge is -2.38. The summed E-state index contributed by atoms with van der Waals surface area (Å²) in [6, 6.07) is 7.20. The Hall–Kier alpha value is -3.64. The van der Waals surface area contributed by atoms with E-state index in [-0.39, 0.29) is 23.8 Å². The molecule has 0 aromatic carbocycles. The van der Waals surface area contributed by atoms with Crippen LogP contribution in [0, 0.1) is 6.92 Å². The first-order valence-corrected chi connectivity index (χ1v) is 14.5. The lowest BCUT2D eigenvalue weighted by molar-refractivity contribution is 0.0601. The molecular weight excluding hydrogens is 504 g/mol. The number of aryl methyl sites for hydroxylation is 2. The Morgan fingerprint density at radius 2 is 1.97 bits per heavy atom. The van der Waals surface area contributed by atoms with Gasteiger partial charge < -0.3 is 15.5 Å². The van der Waals surface area contributed by atoms with E-state index in [1.807, 2.05) is 37.1 Å². The summed E-state index contributed by atoms with van der Waals surface area (Å²) < 4.78 is 25.4. The molecule has 1 fully saturated rings. The van der Waals surface area contributed by atoms with E-state index in [9.17, 15) is 13.2 Å². The molecule has 0 bridgehead atoms. The van der Waals surface area contributed by atoms with E-state index >= 15 is 0 Å². The van der Waals surface area contributed by atoms with Crippen LogP contribution in [0.15, 0.2) is 42.9 Å². The number of hydrogen-bond donors (Lipinski definition) is 3. The molecule has 1 saturated heterocycles. The molecule has 4 heterocycles. The van der Waals surface area contributed by atoms with E-state index in [2.05, 4.69) is 37.2 Å². The van der Waals surface area contributed by atoms with E-state index in [0.29, 0.717) is 24.6 Å². The van der Waals surface area contributed by atoms with E-state index in [1.54, 1.807) is 12.3 Å². The number of aromatic nitrogens is 4. The van der Waals surface area contributed by atoms with Crippen LogP contribution in [-0.2, 0) is 23.0 Å². The monoisotopic (exact) mass is 538 g/mol. The first kappa shape index (κ1) is 27.4. The van der Waals surface area contributed by atoms with Crippen LogP contribution in [0.3, 0.4) is 0 Å². The smallest absolute Gasteiger partial charge is 0.254 e. The number of rotatable bonds is 9. The Morgan fingerprint density at radius 3 is 2.66 bits per heavy atom. The van der Waals surface area contributed by atoms with Crippen molar-refractivity contribution in [2.24, 2.45) is 0 Å². The molecule has 202 valence electrons. The lowest BCUT2D eigenvalue weighted by Crippen LogP contribution is -2.49. The first-order valence-electron chi connectivity index (χ1n) is 12.6. The number of hydrogen-bond acceptors (Lipinski definition) is 9. The highest BCUT2D eigenvalue weighted by Gasteiger charge is 2.29. The molecule has 2 atom stereocenters. The van der Waals surface area contributed by atoms with Gasteiger partial charge in [-0.1, -0.05) is 6.92 Å². The minimum Gasteiger partial charge on any atom is -0.336 e. The number of carbonyl (C=O) groups excluding carboxylic acids is 1. The highest BCUT2D eigenvalue weighted by molar-refractivity contribution is 7.92. The highest BCUT2D eigenvalue weighted by Crippen LogP contribution is 2.22. The molecule has 0 spiro atoms. The van der Waals surface area contributed by atoms with Gasteiger partial charge in [0.25, 0.3) is 5.91 Å². The van der Waals surface area contributed by atoms with Gasteiger partial charge in [-0.25, -0.2) is 23.4 Å². The molecule has 4 rings (SSSR count). The van der Waals surface area contributed by atoms with Crippen LogP contribution in [0.5, 0.6) is 0 Å². The molecule has 38 heavy (non-hydrogen) atoms. The Kier molecular flexibility index (Phi) is 8.52. The van der Waals surface area contributed by atoms with Gasteiger partial charge in [-0.15, -0.1) is 0 Å². The molecule has 3 N–H and O–H groups in total. The number of likely N-dealkylation sites (tertiary alicyclic amines) is 1. The SMILES string of the molecule is CCc1cnc(Nc2ccc(C)nc2)nc1CN[C@H]1CCN(C(=O)c2ccnc(NS(C)(=O)=O)c2)[C@H](C)C1. The van der Waals surface area contributed by atoms with Crippen LogP contribution < -0.4 is 15.4 Å². The number of pyridine rings is 2. The molecule has 11 nitrogen and oxygen atoms in total. The molecule has 0 saturated carbocycles. The maximum atomic E-state index is 13.2. The second-order valence-corrected chi connectivity index (χ2v) is 11.3. The van der Waals surface area contributed by atoms with Crippen molar-refractivity contribution in [2.45, 2.75) is 58.7 Å². The van der Waals surface area contributed by atoms with Gasteiger partial charge in [0, 0.05) is 48.8 Å². The summed E-state index contributed by atoms with van der Waals surface area (Å²) in [6.07, 6.45) is 8.52. The number of piperidine rings is 1. The van der Waals surface area contributed by atoms with Gasteiger partial charge in [0.15, 0.2) is 0 Å². The topological polar surface area (TPSA) is 142 Å². The van der Waals surface area contributed by atoms with Crippen molar-refractivity contribution >= 4 is 33.4 Å². The van der Waals surface area contributed by atoms with Gasteiger partial charge in [-0.3, -0.25) is 14.5 Å². The average molecular weight is 539 g/mol. The maximum absolute atomic E-state index is 13.2. The average Bonchev–Trinajstić information content (AvgIpc) is 2.88. The summed E-state index contributed by atoms with van der Waals surface area (Å²) in [6.45, 7) is 7.24. The molecular formula is C26H34N8O3S. The summed E-state index contributed by atoms with van der Waals surface area (Å²) in [4.78, 5) is 32.5. The first-order chi connectivity index (χ1) is 18.1. The van der Waals surface area contributed by atoms with Crippen molar-refractivity contribution in [1.29, 1.82) is 0 Å². The van der Waals surface area contributed by atoms with Crippen LogP contribution >= 0.6 is 0 Å². The summed E-state index contributed by atoms with van der Waals surface area (Å²) in [7, 11) is -3.48. The molecule has 12 heteroatoms. The second-order valence-electron chi connectivity index (χ2n) is 9.59. The van der Waals surface area contributed by atoms with Crippen LogP contribution in [0.1, 0.15) is 54.0 Å². The minimum absolute atomic E-state index is 0.00976. The van der Waals surface area contributed by atoms with Crippen LogP contribution in [-0.4, -0.2) is 64.0 Å². The second kappa shape index (κ2) is 11.8. The van der Waals surface area contributed by atoms with Crippen molar-refractivity contribution in [3.05, 3.63) is 65.4 Å². The molecule has 1 amide bonds. The third-order valence-corrected chi connectivity index (χ3v) is 7.07. The fourth-order valence-electron chi connectivity index (χ4n) is 4.50. The third-order valence-electron chi connectivity index (χ3n) is 6.49. The number of sulfonamides is 1. The molecule has 0 unspecified atom stereocenters. The fraction of sp³-hybridized carbons (Fsp3) is 0.423. The van der Waals surface area contributed by atoms with Crippen molar-refractivity contribution in [2.75, 3.05) is 22.8 Å². The van der Waals surface area contributed by atoms with E-state index in [1.165, 1.54) is 12.3 Å². The standard InChI is InChI=1S/C26H34N8O3S/c1-5-19-14-30-26(31-22-7-6-17(2)28-15-22)32-23(19)16-29-21-9-11-34(18(3)12-21)25(35)20-8-10-27-24(13-20)33-38(4,36)37/h6-8,10,13-15,18,21,29H,5,9,11-12,16H2,1-4H3,(H,27,33)(H,30,31,32)/t18-,21+/m1/s1. The molecule has 3 aromatic heterocycles. The summed E-state index contributed by atoms with van der Waals surface area (Å²) >= 11 is 0. The normalized spacial score (nSPS) is 17.7. The number of amides is 1. The zero-order valence-electron chi connectivity index (χ0n) is 22.1. The van der Waals surface area contributed by atoms with Gasteiger partial charge >= 0.3 is 0 Å². The lowest BCUT2D eigenvalue weighted by atomic mass is 9.97. The number of nitrogens with one attached hydrogen (secondary N) is 3. The van der Waals surface area contributed by atoms with Gasteiger partial charge in [0.2, 0.25) is 16.0 Å². The highest BCUT2D eigenvalue weighted by atomic mass is 32.2.